The second-order valence-corrected chi connectivity index (χ2v) is 11.4. The Morgan fingerprint density at radius 3 is 1.78 bits per heavy atom. The van der Waals surface area contributed by atoms with E-state index < -0.39 is 60.2 Å². The summed E-state index contributed by atoms with van der Waals surface area (Å²) in [6.45, 7) is -0.109. The second-order valence-electron chi connectivity index (χ2n) is 11.4. The van der Waals surface area contributed by atoms with Crippen LogP contribution in [0, 0.1) is 0 Å². The summed E-state index contributed by atoms with van der Waals surface area (Å²) in [5.41, 5.74) is 2.29. The fraction of sp³-hybridized carbons (Fsp3) is 0.324. The molecule has 3 aromatic rings. The van der Waals surface area contributed by atoms with Gasteiger partial charge in [0.25, 0.3) is 0 Å². The summed E-state index contributed by atoms with van der Waals surface area (Å²) in [7, 11) is 0. The molecule has 0 bridgehead atoms. The first kappa shape index (κ1) is 31.2. The molecular weight excluding hydrogens is 574 g/mol. The van der Waals surface area contributed by atoms with Gasteiger partial charge in [0.1, 0.15) is 29.9 Å². The van der Waals surface area contributed by atoms with Crippen LogP contribution in [-0.2, 0) is 43.2 Å². The lowest BCUT2D eigenvalue weighted by molar-refractivity contribution is -0.142. The number of hydrogen-bond acceptors (Lipinski definition) is 6. The molecule has 0 aromatic heterocycles. The van der Waals surface area contributed by atoms with E-state index in [0.717, 1.165) is 11.1 Å². The Kier molecular flexibility index (Phi) is 10.1. The molecule has 0 spiro atoms. The number of nitrogens with zero attached hydrogens (tertiary/aromatic N) is 1. The largest absolute Gasteiger partial charge is 0.508 e. The van der Waals surface area contributed by atoms with Crippen molar-refractivity contribution in [1.29, 1.82) is 0 Å². The Bertz CT molecular complexity index is 1520. The summed E-state index contributed by atoms with van der Waals surface area (Å²) >= 11 is 0. The lowest BCUT2D eigenvalue weighted by Gasteiger charge is -2.30. The first-order chi connectivity index (χ1) is 21.8. The number of benzene rings is 3. The van der Waals surface area contributed by atoms with Gasteiger partial charge in [-0.25, -0.2) is 0 Å². The molecule has 11 heteroatoms. The molecule has 0 aliphatic carbocycles. The number of carbonyl (C=O) groups is 5. The molecule has 5 amide bonds. The van der Waals surface area contributed by atoms with Gasteiger partial charge in [0.15, 0.2) is 0 Å². The minimum Gasteiger partial charge on any atom is -0.508 e. The molecule has 0 saturated carbocycles. The quantitative estimate of drug-likeness (QED) is 0.280. The second kappa shape index (κ2) is 14.5. The van der Waals surface area contributed by atoms with E-state index in [-0.39, 0.29) is 25.0 Å². The number of hydrogen-bond donors (Lipinski definition) is 5. The number of carbonyl (C=O) groups excluding carboxylic acids is 5. The van der Waals surface area contributed by atoms with Crippen molar-refractivity contribution in [3.63, 3.8) is 0 Å². The van der Waals surface area contributed by atoms with Crippen molar-refractivity contribution in [2.24, 2.45) is 0 Å². The van der Waals surface area contributed by atoms with Crippen molar-refractivity contribution in [1.82, 2.24) is 26.2 Å². The van der Waals surface area contributed by atoms with E-state index in [1.54, 1.807) is 12.1 Å². The SMILES string of the molecule is O=C1CNC(=O)C(Cc2ccccc2)NC(=O)C2CCCN2C(=O)C(Cc2ccc(O)cc2)NC(=O)C(Cc2ccccc2)N1. The highest BCUT2D eigenvalue weighted by atomic mass is 16.3. The average molecular weight is 612 g/mol. The third-order valence-corrected chi connectivity index (χ3v) is 8.10. The van der Waals surface area contributed by atoms with Crippen LogP contribution in [0.25, 0.3) is 0 Å². The molecule has 5 rings (SSSR count). The Balaban J connectivity index is 1.47. The van der Waals surface area contributed by atoms with Crippen molar-refractivity contribution in [2.75, 3.05) is 13.1 Å². The zero-order valence-electron chi connectivity index (χ0n) is 24.8. The van der Waals surface area contributed by atoms with Gasteiger partial charge in [0.05, 0.1) is 6.54 Å². The fourth-order valence-electron chi connectivity index (χ4n) is 5.77. The minimum atomic E-state index is -1.06. The highest BCUT2D eigenvalue weighted by Gasteiger charge is 2.40. The van der Waals surface area contributed by atoms with E-state index in [4.69, 9.17) is 0 Å². The number of fused-ring (bicyclic) bond motifs is 1. The van der Waals surface area contributed by atoms with Crippen LogP contribution < -0.4 is 21.3 Å². The van der Waals surface area contributed by atoms with Gasteiger partial charge in [0, 0.05) is 25.8 Å². The van der Waals surface area contributed by atoms with E-state index in [0.29, 0.717) is 24.9 Å². The maximum absolute atomic E-state index is 14.1. The Labute approximate surface area is 261 Å². The van der Waals surface area contributed by atoms with Crippen LogP contribution in [-0.4, -0.2) is 76.8 Å². The summed E-state index contributed by atoms with van der Waals surface area (Å²) in [6, 6.07) is 20.7. The molecule has 2 saturated heterocycles. The Hall–Kier alpha value is -5.19. The Morgan fingerprint density at radius 1 is 0.622 bits per heavy atom. The molecule has 2 aliphatic rings. The first-order valence-corrected chi connectivity index (χ1v) is 15.1. The van der Waals surface area contributed by atoms with Gasteiger partial charge in [-0.05, 0) is 41.7 Å². The third-order valence-electron chi connectivity index (χ3n) is 8.10. The topological polar surface area (TPSA) is 157 Å². The highest BCUT2D eigenvalue weighted by molar-refractivity contribution is 5.97. The van der Waals surface area contributed by atoms with Gasteiger partial charge in [0.2, 0.25) is 29.5 Å². The molecule has 11 nitrogen and oxygen atoms in total. The van der Waals surface area contributed by atoms with Gasteiger partial charge in [-0.1, -0.05) is 72.8 Å². The van der Waals surface area contributed by atoms with Gasteiger partial charge in [-0.2, -0.15) is 0 Å². The van der Waals surface area contributed by atoms with Crippen LogP contribution in [0.5, 0.6) is 5.75 Å². The van der Waals surface area contributed by atoms with E-state index >= 15 is 0 Å². The summed E-state index contributed by atoms with van der Waals surface area (Å²) in [5.74, 6) is -2.59. The number of aromatic hydroxyl groups is 1. The van der Waals surface area contributed by atoms with Crippen LogP contribution in [0.4, 0.5) is 0 Å². The molecule has 2 aliphatic heterocycles. The first-order valence-electron chi connectivity index (χ1n) is 15.1. The van der Waals surface area contributed by atoms with E-state index in [2.05, 4.69) is 21.3 Å². The maximum Gasteiger partial charge on any atom is 0.246 e. The fourth-order valence-corrected chi connectivity index (χ4v) is 5.77. The summed E-state index contributed by atoms with van der Waals surface area (Å²) in [6.07, 6.45) is 1.40. The van der Waals surface area contributed by atoms with Gasteiger partial charge in [-0.3, -0.25) is 24.0 Å². The van der Waals surface area contributed by atoms with E-state index in [1.165, 1.54) is 17.0 Å². The number of rotatable bonds is 6. The predicted molar refractivity (Wildman–Crippen MR) is 166 cm³/mol. The van der Waals surface area contributed by atoms with Crippen molar-refractivity contribution in [3.8, 4) is 5.75 Å². The molecule has 234 valence electrons. The maximum atomic E-state index is 14.1. The zero-order valence-corrected chi connectivity index (χ0v) is 24.8. The van der Waals surface area contributed by atoms with Gasteiger partial charge >= 0.3 is 0 Å². The standard InChI is InChI=1S/C34H37N5O6/c40-25-15-13-24(14-16-25)20-28-34(45)39-17-7-12-29(39)33(44)37-26(18-22-8-3-1-4-9-22)31(42)35-21-30(41)36-27(32(43)38-28)19-23-10-5-2-6-11-23/h1-6,8-11,13-16,26-29,40H,7,12,17-21H2,(H,35,42)(H,36,41)(H,37,44)(H,38,43). The number of nitrogens with one attached hydrogen (secondary N) is 4. The molecule has 0 radical (unpaired) electrons. The van der Waals surface area contributed by atoms with Gasteiger partial charge in [-0.15, -0.1) is 0 Å². The molecule has 2 fully saturated rings. The number of phenols is 1. The molecule has 2 heterocycles. The highest BCUT2D eigenvalue weighted by Crippen LogP contribution is 2.21. The van der Waals surface area contributed by atoms with Crippen LogP contribution in [0.3, 0.4) is 0 Å². The van der Waals surface area contributed by atoms with Crippen molar-refractivity contribution < 1.29 is 29.1 Å². The normalized spacial score (nSPS) is 23.1. The number of amides is 5. The molecule has 5 N–H and O–H groups in total. The van der Waals surface area contributed by atoms with E-state index in [9.17, 15) is 29.1 Å². The lowest BCUT2D eigenvalue weighted by atomic mass is 10.0. The third kappa shape index (κ3) is 8.26. The zero-order chi connectivity index (χ0) is 31.8. The van der Waals surface area contributed by atoms with Crippen LogP contribution >= 0.6 is 0 Å². The minimum absolute atomic E-state index is 0.0614. The predicted octanol–water partition coefficient (Wildman–Crippen LogP) is 0.995. The molecular formula is C34H37N5O6. The van der Waals surface area contributed by atoms with Crippen LogP contribution in [0.1, 0.15) is 29.5 Å². The number of phenolic OH excluding ortho intramolecular Hbond substituents is 1. The van der Waals surface area contributed by atoms with Crippen molar-refractivity contribution >= 4 is 29.5 Å². The summed E-state index contributed by atoms with van der Waals surface area (Å²) in [5, 5.41) is 20.8. The summed E-state index contributed by atoms with van der Waals surface area (Å²) < 4.78 is 0. The van der Waals surface area contributed by atoms with Crippen molar-refractivity contribution in [3.05, 3.63) is 102 Å². The van der Waals surface area contributed by atoms with Crippen LogP contribution in [0.2, 0.25) is 0 Å². The molecule has 3 aromatic carbocycles. The molecule has 4 atom stereocenters. The lowest BCUT2D eigenvalue weighted by Crippen LogP contribution is -2.58. The smallest absolute Gasteiger partial charge is 0.246 e. The van der Waals surface area contributed by atoms with Crippen molar-refractivity contribution in [2.45, 2.75) is 56.3 Å². The van der Waals surface area contributed by atoms with Crippen LogP contribution in [0.15, 0.2) is 84.9 Å². The molecule has 4 unspecified atom stereocenters. The monoisotopic (exact) mass is 611 g/mol. The Morgan fingerprint density at radius 2 is 1.16 bits per heavy atom. The molecule has 45 heavy (non-hydrogen) atoms. The van der Waals surface area contributed by atoms with E-state index in [1.807, 2.05) is 60.7 Å². The van der Waals surface area contributed by atoms with Gasteiger partial charge < -0.3 is 31.3 Å². The summed E-state index contributed by atoms with van der Waals surface area (Å²) in [4.78, 5) is 69.4. The average Bonchev–Trinajstić information content (AvgIpc) is 3.54.